The molecule has 2 nitrogen and oxygen atoms in total. The Morgan fingerprint density at radius 1 is 0.750 bits per heavy atom. The Kier molecular flexibility index (Phi) is 9.60. The van der Waals surface area contributed by atoms with Crippen LogP contribution in [0.1, 0.15) is 61.8 Å². The first-order valence-corrected chi connectivity index (χ1v) is 10.7. The second-order valence-corrected chi connectivity index (χ2v) is 7.90. The zero-order valence-electron chi connectivity index (χ0n) is 17.5. The van der Waals surface area contributed by atoms with Gasteiger partial charge in [-0.05, 0) is 42.4 Å². The normalized spacial score (nSPS) is 15.6. The lowest BCUT2D eigenvalue weighted by Crippen LogP contribution is -3.05. The standard InChI is InChI=1S/C25H34N2.ClH/c1-3-5-7-22-9-13-24(14-10-22)19-26-17-18-27(21-26)20-25-15-11-23(12-16-25)8-6-4-2;/h9-18H,3-8,19-21H2,1-2H3;1H. The summed E-state index contributed by atoms with van der Waals surface area (Å²) in [4.78, 5) is 3.93. The molecule has 2 aromatic carbocycles. The van der Waals surface area contributed by atoms with Crippen molar-refractivity contribution in [1.29, 1.82) is 0 Å². The van der Waals surface area contributed by atoms with Crippen molar-refractivity contribution in [2.45, 2.75) is 65.5 Å². The maximum atomic E-state index is 2.42. The van der Waals surface area contributed by atoms with Crippen LogP contribution in [-0.4, -0.2) is 11.6 Å². The van der Waals surface area contributed by atoms with Crippen molar-refractivity contribution >= 4 is 0 Å². The van der Waals surface area contributed by atoms with Gasteiger partial charge >= 0.3 is 0 Å². The highest BCUT2D eigenvalue weighted by molar-refractivity contribution is 5.23. The molecule has 3 rings (SSSR count). The van der Waals surface area contributed by atoms with Crippen LogP contribution in [-0.2, 0) is 25.9 Å². The van der Waals surface area contributed by atoms with Crippen molar-refractivity contribution in [3.63, 3.8) is 0 Å². The SMILES string of the molecule is CCCCc1ccc(CN2C=C[NH+](Cc3ccc(CCCC)cc3)C2)cc1.[Cl-]. The number of hydrogen-bond acceptors (Lipinski definition) is 1. The van der Waals surface area contributed by atoms with E-state index in [9.17, 15) is 0 Å². The summed E-state index contributed by atoms with van der Waals surface area (Å²) >= 11 is 0. The Morgan fingerprint density at radius 3 is 1.79 bits per heavy atom. The highest BCUT2D eigenvalue weighted by Crippen LogP contribution is 2.11. The summed E-state index contributed by atoms with van der Waals surface area (Å²) in [5, 5.41) is 0. The zero-order valence-corrected chi connectivity index (χ0v) is 18.2. The number of nitrogens with one attached hydrogen (secondary N) is 1. The molecule has 0 spiro atoms. The van der Waals surface area contributed by atoms with Crippen molar-refractivity contribution in [2.24, 2.45) is 0 Å². The van der Waals surface area contributed by atoms with Gasteiger partial charge in [0, 0.05) is 12.1 Å². The number of rotatable bonds is 10. The molecule has 1 atom stereocenters. The van der Waals surface area contributed by atoms with E-state index < -0.39 is 0 Å². The van der Waals surface area contributed by atoms with Gasteiger partial charge in [-0.25, -0.2) is 0 Å². The molecule has 0 amide bonds. The van der Waals surface area contributed by atoms with Gasteiger partial charge in [0.05, 0.1) is 6.20 Å². The summed E-state index contributed by atoms with van der Waals surface area (Å²) < 4.78 is 0. The van der Waals surface area contributed by atoms with Gasteiger partial charge in [-0.15, -0.1) is 0 Å². The van der Waals surface area contributed by atoms with Crippen molar-refractivity contribution < 1.29 is 17.3 Å². The third-order valence-corrected chi connectivity index (χ3v) is 5.43. The molecule has 152 valence electrons. The molecule has 0 saturated heterocycles. The summed E-state index contributed by atoms with van der Waals surface area (Å²) in [6.07, 6.45) is 12.1. The second kappa shape index (κ2) is 11.9. The van der Waals surface area contributed by atoms with Gasteiger partial charge in [0.15, 0.2) is 6.67 Å². The van der Waals surface area contributed by atoms with Crippen LogP contribution in [0.3, 0.4) is 0 Å². The van der Waals surface area contributed by atoms with Crippen LogP contribution >= 0.6 is 0 Å². The average molecular weight is 399 g/mol. The van der Waals surface area contributed by atoms with E-state index in [0.717, 1.165) is 19.8 Å². The molecule has 2 aromatic rings. The first kappa shape index (κ1) is 22.5. The number of hydrogen-bond donors (Lipinski definition) is 1. The lowest BCUT2D eigenvalue weighted by Gasteiger charge is -2.17. The first-order chi connectivity index (χ1) is 13.3. The van der Waals surface area contributed by atoms with E-state index in [1.807, 2.05) is 0 Å². The van der Waals surface area contributed by atoms with Crippen LogP contribution < -0.4 is 17.3 Å². The van der Waals surface area contributed by atoms with E-state index in [2.05, 4.69) is 79.7 Å². The molecule has 1 heterocycles. The largest absolute Gasteiger partial charge is 1.00 e. The topological polar surface area (TPSA) is 7.68 Å². The molecular weight excluding hydrogens is 364 g/mol. The molecule has 1 aliphatic rings. The molecule has 0 aromatic heterocycles. The summed E-state index contributed by atoms with van der Waals surface area (Å²) in [5.74, 6) is 0. The highest BCUT2D eigenvalue weighted by Gasteiger charge is 2.17. The van der Waals surface area contributed by atoms with Crippen LogP contribution in [0.4, 0.5) is 0 Å². The molecule has 0 saturated carbocycles. The maximum Gasteiger partial charge on any atom is 0.157 e. The summed E-state index contributed by atoms with van der Waals surface area (Å²) in [6, 6.07) is 18.4. The lowest BCUT2D eigenvalue weighted by molar-refractivity contribution is -0.863. The Bertz CT molecular complexity index is 645. The van der Waals surface area contributed by atoms with Crippen molar-refractivity contribution in [2.75, 3.05) is 6.67 Å². The summed E-state index contributed by atoms with van der Waals surface area (Å²) in [6.45, 7) is 7.63. The van der Waals surface area contributed by atoms with Gasteiger partial charge in [-0.1, -0.05) is 75.2 Å². The molecule has 3 heteroatoms. The summed E-state index contributed by atoms with van der Waals surface area (Å²) in [7, 11) is 0. The van der Waals surface area contributed by atoms with Crippen LogP contribution in [0.15, 0.2) is 60.9 Å². The van der Waals surface area contributed by atoms with Crippen LogP contribution in [0.25, 0.3) is 0 Å². The third kappa shape index (κ3) is 7.00. The van der Waals surface area contributed by atoms with Crippen LogP contribution in [0.5, 0.6) is 0 Å². The predicted molar refractivity (Wildman–Crippen MR) is 114 cm³/mol. The highest BCUT2D eigenvalue weighted by atomic mass is 35.5. The van der Waals surface area contributed by atoms with E-state index in [1.165, 1.54) is 65.7 Å². The molecule has 28 heavy (non-hydrogen) atoms. The molecule has 0 bridgehead atoms. The Balaban J connectivity index is 0.00000280. The zero-order chi connectivity index (χ0) is 18.9. The van der Waals surface area contributed by atoms with E-state index in [4.69, 9.17) is 0 Å². The fourth-order valence-electron chi connectivity index (χ4n) is 3.69. The fourth-order valence-corrected chi connectivity index (χ4v) is 3.69. The van der Waals surface area contributed by atoms with E-state index in [0.29, 0.717) is 0 Å². The Labute approximate surface area is 177 Å². The monoisotopic (exact) mass is 398 g/mol. The third-order valence-electron chi connectivity index (χ3n) is 5.43. The number of unbranched alkanes of at least 4 members (excludes halogenated alkanes) is 2. The molecule has 0 aliphatic carbocycles. The molecule has 0 radical (unpaired) electrons. The predicted octanol–water partition coefficient (Wildman–Crippen LogP) is 1.71. The van der Waals surface area contributed by atoms with Gasteiger partial charge in [-0.2, -0.15) is 0 Å². The quantitative estimate of drug-likeness (QED) is 0.640. The van der Waals surface area contributed by atoms with E-state index in [1.54, 1.807) is 0 Å². The van der Waals surface area contributed by atoms with Gasteiger partial charge < -0.3 is 17.3 Å². The Morgan fingerprint density at radius 2 is 1.25 bits per heavy atom. The number of benzene rings is 2. The van der Waals surface area contributed by atoms with E-state index in [-0.39, 0.29) is 12.4 Å². The van der Waals surface area contributed by atoms with Crippen LogP contribution in [0.2, 0.25) is 0 Å². The molecule has 0 fully saturated rings. The minimum absolute atomic E-state index is 0. The minimum Gasteiger partial charge on any atom is -1.00 e. The van der Waals surface area contributed by atoms with Crippen molar-refractivity contribution in [3.8, 4) is 0 Å². The number of aryl methyl sites for hydroxylation is 2. The summed E-state index contributed by atoms with van der Waals surface area (Å²) in [5.41, 5.74) is 5.77. The molecule has 1 unspecified atom stereocenters. The van der Waals surface area contributed by atoms with Gasteiger partial charge in [0.25, 0.3) is 0 Å². The maximum absolute atomic E-state index is 2.42. The average Bonchev–Trinajstić information content (AvgIpc) is 3.13. The minimum atomic E-state index is 0. The number of halogens is 1. The van der Waals surface area contributed by atoms with Gasteiger partial charge in [0.1, 0.15) is 12.7 Å². The number of nitrogens with zero attached hydrogens (tertiary/aromatic N) is 1. The van der Waals surface area contributed by atoms with Crippen molar-refractivity contribution in [3.05, 3.63) is 83.2 Å². The second-order valence-electron chi connectivity index (χ2n) is 7.90. The molecule has 1 N–H and O–H groups in total. The van der Waals surface area contributed by atoms with Gasteiger partial charge in [-0.3, -0.25) is 4.90 Å². The molecular formula is C25H35ClN2. The smallest absolute Gasteiger partial charge is 0.157 e. The molecule has 1 aliphatic heterocycles. The lowest BCUT2D eigenvalue weighted by atomic mass is 10.1. The van der Waals surface area contributed by atoms with Crippen LogP contribution in [0, 0.1) is 0 Å². The van der Waals surface area contributed by atoms with Crippen molar-refractivity contribution in [1.82, 2.24) is 4.90 Å². The Hall–Kier alpha value is -1.77. The number of quaternary nitrogens is 1. The first-order valence-electron chi connectivity index (χ1n) is 10.7. The fraction of sp³-hybridized carbons (Fsp3) is 0.440. The van der Waals surface area contributed by atoms with E-state index >= 15 is 0 Å². The van der Waals surface area contributed by atoms with Gasteiger partial charge in [0.2, 0.25) is 0 Å².